The van der Waals surface area contributed by atoms with E-state index in [1.807, 2.05) is 17.5 Å². The molecule has 0 bridgehead atoms. The molecule has 3 aromatic rings. The van der Waals surface area contributed by atoms with Gasteiger partial charge in [-0.1, -0.05) is 23.4 Å². The van der Waals surface area contributed by atoms with Crippen LogP contribution in [0.3, 0.4) is 0 Å². The zero-order valence-electron chi connectivity index (χ0n) is 15.2. The van der Waals surface area contributed by atoms with E-state index in [0.717, 1.165) is 4.88 Å². The molecule has 0 fully saturated rings. The van der Waals surface area contributed by atoms with Crippen molar-refractivity contribution >= 4 is 23.2 Å². The molecule has 28 heavy (non-hydrogen) atoms. The molecular weight excluding hydrogens is 383 g/mol. The van der Waals surface area contributed by atoms with Crippen molar-refractivity contribution in [2.24, 2.45) is 5.73 Å². The standard InChI is InChI=1S/C19H19FN4O3S/c1-24(17(18(21)26)12-5-2-6-13(20)11-12)16(25)9-3-8-15-22-19(23-27-15)14-7-4-10-28-14/h2,4-7,10-11,17H,3,8-9H2,1H3,(H2,21,26). The Balaban J connectivity index is 1.58. The van der Waals surface area contributed by atoms with Crippen LogP contribution in [-0.2, 0) is 16.0 Å². The van der Waals surface area contributed by atoms with Gasteiger partial charge in [-0.05, 0) is 35.6 Å². The van der Waals surface area contributed by atoms with Crippen molar-refractivity contribution in [2.45, 2.75) is 25.3 Å². The van der Waals surface area contributed by atoms with Gasteiger partial charge in [-0.25, -0.2) is 4.39 Å². The molecule has 9 heteroatoms. The topological polar surface area (TPSA) is 102 Å². The van der Waals surface area contributed by atoms with E-state index < -0.39 is 17.8 Å². The number of halogens is 1. The van der Waals surface area contributed by atoms with Crippen molar-refractivity contribution in [2.75, 3.05) is 7.05 Å². The molecule has 1 aromatic carbocycles. The van der Waals surface area contributed by atoms with E-state index in [1.54, 1.807) is 6.07 Å². The van der Waals surface area contributed by atoms with Gasteiger partial charge in [0.2, 0.25) is 23.5 Å². The number of thiophene rings is 1. The number of hydrogen-bond donors (Lipinski definition) is 1. The maximum absolute atomic E-state index is 13.5. The number of hydrogen-bond acceptors (Lipinski definition) is 6. The minimum Gasteiger partial charge on any atom is -0.368 e. The minimum atomic E-state index is -1.03. The minimum absolute atomic E-state index is 0.159. The average molecular weight is 402 g/mol. The second kappa shape index (κ2) is 8.75. The predicted molar refractivity (Wildman–Crippen MR) is 102 cm³/mol. The van der Waals surface area contributed by atoms with Gasteiger partial charge < -0.3 is 15.2 Å². The molecule has 146 valence electrons. The van der Waals surface area contributed by atoms with Crippen molar-refractivity contribution in [1.29, 1.82) is 0 Å². The van der Waals surface area contributed by atoms with Crippen molar-refractivity contribution in [3.05, 3.63) is 59.0 Å². The molecular formula is C19H19FN4O3S. The number of aryl methyl sites for hydroxylation is 1. The number of carbonyl (C=O) groups excluding carboxylic acids is 2. The molecule has 2 heterocycles. The number of nitrogens with two attached hydrogens (primary N) is 1. The first kappa shape index (κ1) is 19.7. The molecule has 2 aromatic heterocycles. The van der Waals surface area contributed by atoms with Gasteiger partial charge in [0.05, 0.1) is 4.88 Å². The van der Waals surface area contributed by atoms with Gasteiger partial charge in [-0.2, -0.15) is 4.98 Å². The lowest BCUT2D eigenvalue weighted by atomic mass is 10.0. The molecule has 0 saturated carbocycles. The average Bonchev–Trinajstić information content (AvgIpc) is 3.33. The number of carbonyl (C=O) groups is 2. The Labute approximate surface area is 165 Å². The SMILES string of the molecule is CN(C(=O)CCCc1nc(-c2cccs2)no1)C(C(N)=O)c1cccc(F)c1. The molecule has 2 amide bonds. The fourth-order valence-electron chi connectivity index (χ4n) is 2.83. The molecule has 0 saturated heterocycles. The Kier molecular flexibility index (Phi) is 6.15. The van der Waals surface area contributed by atoms with Crippen LogP contribution in [0.1, 0.15) is 30.3 Å². The number of aromatic nitrogens is 2. The summed E-state index contributed by atoms with van der Waals surface area (Å²) in [5.41, 5.74) is 5.77. The third-order valence-corrected chi connectivity index (χ3v) is 5.07. The molecule has 0 aliphatic heterocycles. The summed E-state index contributed by atoms with van der Waals surface area (Å²) < 4.78 is 18.7. The van der Waals surface area contributed by atoms with Crippen molar-refractivity contribution < 1.29 is 18.5 Å². The third-order valence-electron chi connectivity index (χ3n) is 4.21. The highest BCUT2D eigenvalue weighted by atomic mass is 32.1. The maximum Gasteiger partial charge on any atom is 0.244 e. The van der Waals surface area contributed by atoms with Crippen LogP contribution in [0.4, 0.5) is 4.39 Å². The summed E-state index contributed by atoms with van der Waals surface area (Å²) in [4.78, 5) is 30.8. The summed E-state index contributed by atoms with van der Waals surface area (Å²) in [6, 6.07) is 8.26. The molecule has 0 aliphatic rings. The molecule has 0 aliphatic carbocycles. The van der Waals surface area contributed by atoms with E-state index in [-0.39, 0.29) is 12.3 Å². The van der Waals surface area contributed by atoms with Crippen LogP contribution in [0.15, 0.2) is 46.3 Å². The third kappa shape index (κ3) is 4.61. The number of amides is 2. The molecule has 3 rings (SSSR count). The smallest absolute Gasteiger partial charge is 0.244 e. The van der Waals surface area contributed by atoms with Crippen LogP contribution >= 0.6 is 11.3 Å². The molecule has 0 radical (unpaired) electrons. The van der Waals surface area contributed by atoms with Crippen molar-refractivity contribution in [3.63, 3.8) is 0 Å². The van der Waals surface area contributed by atoms with Gasteiger partial charge >= 0.3 is 0 Å². The molecule has 1 atom stereocenters. The Hall–Kier alpha value is -3.07. The van der Waals surface area contributed by atoms with Crippen LogP contribution < -0.4 is 5.73 Å². The Morgan fingerprint density at radius 3 is 2.82 bits per heavy atom. The summed E-state index contributed by atoms with van der Waals surface area (Å²) in [5, 5.41) is 5.85. The lowest BCUT2D eigenvalue weighted by Gasteiger charge is -2.26. The lowest BCUT2D eigenvalue weighted by Crippen LogP contribution is -2.39. The summed E-state index contributed by atoms with van der Waals surface area (Å²) in [7, 11) is 1.48. The van der Waals surface area contributed by atoms with Gasteiger partial charge in [-0.15, -0.1) is 11.3 Å². The van der Waals surface area contributed by atoms with E-state index in [2.05, 4.69) is 10.1 Å². The first-order valence-electron chi connectivity index (χ1n) is 8.62. The van der Waals surface area contributed by atoms with Crippen molar-refractivity contribution in [3.8, 4) is 10.7 Å². The van der Waals surface area contributed by atoms with E-state index in [4.69, 9.17) is 10.3 Å². The highest BCUT2D eigenvalue weighted by Crippen LogP contribution is 2.23. The van der Waals surface area contributed by atoms with Crippen LogP contribution in [0, 0.1) is 5.82 Å². The molecule has 0 spiro atoms. The van der Waals surface area contributed by atoms with Crippen LogP contribution in [-0.4, -0.2) is 33.9 Å². The second-order valence-corrected chi connectivity index (χ2v) is 7.15. The number of benzene rings is 1. The van der Waals surface area contributed by atoms with E-state index in [9.17, 15) is 14.0 Å². The van der Waals surface area contributed by atoms with Gasteiger partial charge in [0.25, 0.3) is 0 Å². The molecule has 1 unspecified atom stereocenters. The van der Waals surface area contributed by atoms with Gasteiger partial charge in [0.1, 0.15) is 11.9 Å². The largest absolute Gasteiger partial charge is 0.368 e. The maximum atomic E-state index is 13.5. The van der Waals surface area contributed by atoms with Gasteiger partial charge in [0.15, 0.2) is 0 Å². The fraction of sp³-hybridized carbons (Fsp3) is 0.263. The van der Waals surface area contributed by atoms with E-state index in [0.29, 0.717) is 30.1 Å². The zero-order valence-corrected chi connectivity index (χ0v) is 16.0. The number of rotatable bonds is 8. The fourth-order valence-corrected chi connectivity index (χ4v) is 3.48. The summed E-state index contributed by atoms with van der Waals surface area (Å²) in [6.45, 7) is 0. The monoisotopic (exact) mass is 402 g/mol. The molecule has 2 N–H and O–H groups in total. The summed E-state index contributed by atoms with van der Waals surface area (Å²) >= 11 is 1.51. The summed E-state index contributed by atoms with van der Waals surface area (Å²) in [5.74, 6) is -0.545. The molecule has 7 nitrogen and oxygen atoms in total. The quantitative estimate of drug-likeness (QED) is 0.624. The zero-order chi connectivity index (χ0) is 20.1. The first-order valence-corrected chi connectivity index (χ1v) is 9.50. The van der Waals surface area contributed by atoms with Crippen LogP contribution in [0.25, 0.3) is 10.7 Å². The highest BCUT2D eigenvalue weighted by molar-refractivity contribution is 7.13. The van der Waals surface area contributed by atoms with E-state index >= 15 is 0 Å². The number of primary amides is 1. The van der Waals surface area contributed by atoms with Crippen LogP contribution in [0.2, 0.25) is 0 Å². The number of likely N-dealkylation sites (N-methyl/N-ethyl adjacent to an activating group) is 1. The number of nitrogens with zero attached hydrogens (tertiary/aromatic N) is 3. The van der Waals surface area contributed by atoms with Crippen molar-refractivity contribution in [1.82, 2.24) is 15.0 Å². The Morgan fingerprint density at radius 1 is 1.32 bits per heavy atom. The van der Waals surface area contributed by atoms with Gasteiger partial charge in [-0.3, -0.25) is 9.59 Å². The Bertz CT molecular complexity index is 958. The van der Waals surface area contributed by atoms with E-state index in [1.165, 1.54) is 41.5 Å². The Morgan fingerprint density at radius 2 is 2.14 bits per heavy atom. The van der Waals surface area contributed by atoms with Crippen LogP contribution in [0.5, 0.6) is 0 Å². The normalized spacial score (nSPS) is 11.9. The predicted octanol–water partition coefficient (Wildman–Crippen LogP) is 2.94. The first-order chi connectivity index (χ1) is 13.5. The van der Waals surface area contributed by atoms with Gasteiger partial charge in [0, 0.05) is 19.9 Å². The highest BCUT2D eigenvalue weighted by Gasteiger charge is 2.26. The summed E-state index contributed by atoms with van der Waals surface area (Å²) in [6.07, 6.45) is 1.05. The lowest BCUT2D eigenvalue weighted by molar-refractivity contribution is -0.138. The second-order valence-electron chi connectivity index (χ2n) is 6.21.